The van der Waals surface area contributed by atoms with E-state index >= 15 is 0 Å². The first-order valence-corrected chi connectivity index (χ1v) is 6.33. The van der Waals surface area contributed by atoms with Gasteiger partial charge in [-0.3, -0.25) is 4.79 Å². The average Bonchev–Trinajstić information content (AvgIpc) is 2.56. The summed E-state index contributed by atoms with van der Waals surface area (Å²) in [7, 11) is 1.94. The fourth-order valence-corrected chi connectivity index (χ4v) is 2.25. The van der Waals surface area contributed by atoms with Crippen LogP contribution in [0.1, 0.15) is 38.5 Å². The molecule has 3 heteroatoms. The highest BCUT2D eigenvalue weighted by molar-refractivity contribution is 5.78. The van der Waals surface area contributed by atoms with Crippen molar-refractivity contribution < 1.29 is 4.79 Å². The standard InChI is InChI=1S/C13H24N2O/c1-3-10-14-11-13(16)15(2)12-8-6-4-5-7-9-12/h3,12,14H,1,4-11H2,2H3. The molecule has 3 nitrogen and oxygen atoms in total. The van der Waals surface area contributed by atoms with Crippen molar-refractivity contribution in [2.24, 2.45) is 0 Å². The van der Waals surface area contributed by atoms with Crippen LogP contribution in [0, 0.1) is 0 Å². The highest BCUT2D eigenvalue weighted by Crippen LogP contribution is 2.20. The summed E-state index contributed by atoms with van der Waals surface area (Å²) in [6, 6.07) is 0.459. The van der Waals surface area contributed by atoms with E-state index < -0.39 is 0 Å². The molecule has 1 N–H and O–H groups in total. The van der Waals surface area contributed by atoms with Crippen LogP contribution in [0.25, 0.3) is 0 Å². The van der Waals surface area contributed by atoms with E-state index in [9.17, 15) is 4.79 Å². The minimum absolute atomic E-state index is 0.203. The zero-order valence-corrected chi connectivity index (χ0v) is 10.4. The van der Waals surface area contributed by atoms with Gasteiger partial charge in [0.2, 0.25) is 5.91 Å². The molecule has 0 spiro atoms. The molecule has 0 atom stereocenters. The summed E-state index contributed by atoms with van der Waals surface area (Å²) in [4.78, 5) is 13.8. The van der Waals surface area contributed by atoms with Crippen LogP contribution in [0.3, 0.4) is 0 Å². The topological polar surface area (TPSA) is 32.3 Å². The molecule has 1 aliphatic carbocycles. The van der Waals surface area contributed by atoms with E-state index in [1.165, 1.54) is 38.5 Å². The van der Waals surface area contributed by atoms with Gasteiger partial charge < -0.3 is 10.2 Å². The molecule has 16 heavy (non-hydrogen) atoms. The van der Waals surface area contributed by atoms with E-state index in [1.54, 1.807) is 6.08 Å². The lowest BCUT2D eigenvalue weighted by Crippen LogP contribution is -2.41. The van der Waals surface area contributed by atoms with Crippen molar-refractivity contribution in [2.75, 3.05) is 20.1 Å². The molecule has 0 aromatic rings. The third-order valence-corrected chi connectivity index (χ3v) is 3.33. The third-order valence-electron chi connectivity index (χ3n) is 3.33. The van der Waals surface area contributed by atoms with Crippen LogP contribution in [0.2, 0.25) is 0 Å². The van der Waals surface area contributed by atoms with E-state index in [4.69, 9.17) is 0 Å². The van der Waals surface area contributed by atoms with Crippen molar-refractivity contribution in [3.63, 3.8) is 0 Å². The Bertz CT molecular complexity index is 220. The summed E-state index contributed by atoms with van der Waals surface area (Å²) >= 11 is 0. The van der Waals surface area contributed by atoms with E-state index in [1.807, 2.05) is 11.9 Å². The Morgan fingerprint density at radius 3 is 2.56 bits per heavy atom. The Kier molecular flexibility index (Phi) is 6.16. The van der Waals surface area contributed by atoms with Gasteiger partial charge in [0.15, 0.2) is 0 Å². The van der Waals surface area contributed by atoms with Crippen molar-refractivity contribution in [3.8, 4) is 0 Å². The number of nitrogens with one attached hydrogen (secondary N) is 1. The van der Waals surface area contributed by atoms with Crippen LogP contribution in [0.4, 0.5) is 0 Å². The number of likely N-dealkylation sites (N-methyl/N-ethyl adjacent to an activating group) is 1. The number of carbonyl (C=O) groups is 1. The summed E-state index contributed by atoms with van der Waals surface area (Å²) in [5.74, 6) is 0.203. The Morgan fingerprint density at radius 2 is 2.00 bits per heavy atom. The minimum atomic E-state index is 0.203. The number of hydrogen-bond acceptors (Lipinski definition) is 2. The largest absolute Gasteiger partial charge is 0.342 e. The summed E-state index contributed by atoms with van der Waals surface area (Å²) in [5, 5.41) is 3.06. The molecule has 0 radical (unpaired) electrons. The van der Waals surface area contributed by atoms with Gasteiger partial charge in [0.25, 0.3) is 0 Å². The molecule has 0 unspecified atom stereocenters. The van der Waals surface area contributed by atoms with Crippen LogP contribution in [0.15, 0.2) is 12.7 Å². The first-order valence-electron chi connectivity index (χ1n) is 6.33. The maximum atomic E-state index is 11.9. The summed E-state index contributed by atoms with van der Waals surface area (Å²) in [5.41, 5.74) is 0. The Balaban J connectivity index is 2.32. The second-order valence-corrected chi connectivity index (χ2v) is 4.57. The summed E-state index contributed by atoms with van der Waals surface area (Å²) in [6.07, 6.45) is 9.30. The van der Waals surface area contributed by atoms with Gasteiger partial charge in [0.1, 0.15) is 0 Å². The molecule has 1 rings (SSSR count). The van der Waals surface area contributed by atoms with Gasteiger partial charge in [0, 0.05) is 19.6 Å². The zero-order chi connectivity index (χ0) is 11.8. The van der Waals surface area contributed by atoms with Crippen LogP contribution in [-0.4, -0.2) is 37.0 Å². The molecular weight excluding hydrogens is 200 g/mol. The van der Waals surface area contributed by atoms with Gasteiger partial charge in [0.05, 0.1) is 6.54 Å². The Hall–Kier alpha value is -0.830. The summed E-state index contributed by atoms with van der Waals surface area (Å²) < 4.78 is 0. The van der Waals surface area contributed by atoms with Gasteiger partial charge >= 0.3 is 0 Å². The van der Waals surface area contributed by atoms with Gasteiger partial charge in [-0.25, -0.2) is 0 Å². The lowest BCUT2D eigenvalue weighted by molar-refractivity contribution is -0.131. The normalized spacial score (nSPS) is 17.8. The van der Waals surface area contributed by atoms with Crippen LogP contribution in [0.5, 0.6) is 0 Å². The molecule has 1 amide bonds. The number of carbonyl (C=O) groups excluding carboxylic acids is 1. The van der Waals surface area contributed by atoms with Crippen LogP contribution >= 0.6 is 0 Å². The lowest BCUT2D eigenvalue weighted by Gasteiger charge is -2.27. The predicted octanol–water partition coefficient (Wildman–Crippen LogP) is 1.94. The molecule has 92 valence electrons. The minimum Gasteiger partial charge on any atom is -0.342 e. The predicted molar refractivity (Wildman–Crippen MR) is 67.3 cm³/mol. The quantitative estimate of drug-likeness (QED) is 0.440. The Morgan fingerprint density at radius 1 is 1.38 bits per heavy atom. The van der Waals surface area contributed by atoms with Crippen molar-refractivity contribution in [1.29, 1.82) is 0 Å². The third kappa shape index (κ3) is 4.35. The molecule has 0 saturated heterocycles. The molecule has 1 fully saturated rings. The number of hydrogen-bond donors (Lipinski definition) is 1. The fraction of sp³-hybridized carbons (Fsp3) is 0.769. The molecule has 0 bridgehead atoms. The molecule has 0 aromatic carbocycles. The fourth-order valence-electron chi connectivity index (χ4n) is 2.25. The number of rotatable bonds is 5. The highest BCUT2D eigenvalue weighted by Gasteiger charge is 2.20. The second kappa shape index (κ2) is 7.44. The second-order valence-electron chi connectivity index (χ2n) is 4.57. The van der Waals surface area contributed by atoms with Gasteiger partial charge in [-0.1, -0.05) is 31.8 Å². The summed E-state index contributed by atoms with van der Waals surface area (Å²) in [6.45, 7) is 4.75. The lowest BCUT2D eigenvalue weighted by atomic mass is 10.1. The van der Waals surface area contributed by atoms with Crippen LogP contribution < -0.4 is 5.32 Å². The molecule has 0 heterocycles. The first kappa shape index (κ1) is 13.2. The van der Waals surface area contributed by atoms with Crippen LogP contribution in [-0.2, 0) is 4.79 Å². The van der Waals surface area contributed by atoms with Gasteiger partial charge in [-0.15, -0.1) is 6.58 Å². The smallest absolute Gasteiger partial charge is 0.236 e. The molecular formula is C13H24N2O. The van der Waals surface area contributed by atoms with Gasteiger partial charge in [-0.2, -0.15) is 0 Å². The number of nitrogens with zero attached hydrogens (tertiary/aromatic N) is 1. The Labute approximate surface area is 98.9 Å². The number of amides is 1. The monoisotopic (exact) mass is 224 g/mol. The molecule has 0 aliphatic heterocycles. The first-order chi connectivity index (χ1) is 7.75. The van der Waals surface area contributed by atoms with Crippen molar-refractivity contribution in [1.82, 2.24) is 10.2 Å². The van der Waals surface area contributed by atoms with E-state index in [-0.39, 0.29) is 5.91 Å². The van der Waals surface area contributed by atoms with E-state index in [0.717, 1.165) is 0 Å². The maximum Gasteiger partial charge on any atom is 0.236 e. The van der Waals surface area contributed by atoms with E-state index in [2.05, 4.69) is 11.9 Å². The van der Waals surface area contributed by atoms with Crippen molar-refractivity contribution in [3.05, 3.63) is 12.7 Å². The molecule has 0 aromatic heterocycles. The van der Waals surface area contributed by atoms with Gasteiger partial charge in [-0.05, 0) is 12.8 Å². The van der Waals surface area contributed by atoms with Crippen molar-refractivity contribution >= 4 is 5.91 Å². The van der Waals surface area contributed by atoms with E-state index in [0.29, 0.717) is 19.1 Å². The molecule has 1 aliphatic rings. The maximum absolute atomic E-state index is 11.9. The van der Waals surface area contributed by atoms with Crippen molar-refractivity contribution in [2.45, 2.75) is 44.6 Å². The highest BCUT2D eigenvalue weighted by atomic mass is 16.2. The average molecular weight is 224 g/mol. The molecule has 1 saturated carbocycles. The SMILES string of the molecule is C=CCNCC(=O)N(C)C1CCCCCC1. The zero-order valence-electron chi connectivity index (χ0n) is 10.4.